The lowest BCUT2D eigenvalue weighted by Gasteiger charge is -2.31. The highest BCUT2D eigenvalue weighted by Crippen LogP contribution is 2.71. The summed E-state index contributed by atoms with van der Waals surface area (Å²) in [6.07, 6.45) is -0.550. The van der Waals surface area contributed by atoms with Crippen LogP contribution in [0.5, 0.6) is 0 Å². The van der Waals surface area contributed by atoms with Crippen molar-refractivity contribution in [3.05, 3.63) is 0 Å². The summed E-state index contributed by atoms with van der Waals surface area (Å²) in [6, 6.07) is 0. The van der Waals surface area contributed by atoms with Crippen molar-refractivity contribution in [2.75, 3.05) is 0 Å². The molecule has 5 N–H and O–H groups in total. The molecule has 96 valence electrons. The van der Waals surface area contributed by atoms with Crippen LogP contribution in [0.15, 0.2) is 0 Å². The largest absolute Gasteiger partial charge is 0.370 e. The second-order valence-corrected chi connectivity index (χ2v) is 8.07. The zero-order valence-corrected chi connectivity index (χ0v) is 10.7. The van der Waals surface area contributed by atoms with Crippen molar-refractivity contribution in [3.63, 3.8) is 0 Å². The van der Waals surface area contributed by atoms with Crippen molar-refractivity contribution in [1.29, 1.82) is 0 Å². The maximum absolute atomic E-state index is 10.9. The highest BCUT2D eigenvalue weighted by Gasteiger charge is 2.65. The average Bonchev–Trinajstić information content (AvgIpc) is 1.99. The van der Waals surface area contributed by atoms with Crippen LogP contribution in [0.4, 0.5) is 0 Å². The van der Waals surface area contributed by atoms with E-state index in [4.69, 9.17) is 19.6 Å². The fourth-order valence-corrected chi connectivity index (χ4v) is 5.67. The summed E-state index contributed by atoms with van der Waals surface area (Å²) in [7, 11) is -15.1. The Balaban J connectivity index is 5.99. The van der Waals surface area contributed by atoms with Gasteiger partial charge in [-0.1, -0.05) is 6.92 Å². The highest BCUT2D eigenvalue weighted by atomic mass is 31.2. The first kappa shape index (κ1) is 16.2. The van der Waals surface area contributed by atoms with Crippen molar-refractivity contribution in [3.8, 4) is 0 Å². The molecular weight excluding hydrogens is 285 g/mol. The molecule has 0 radical (unpaired) electrons. The molecule has 0 amide bonds. The van der Waals surface area contributed by atoms with Crippen LogP contribution >= 0.6 is 22.9 Å². The predicted octanol–water partition coefficient (Wildman–Crippen LogP) is -0.0606. The minimum absolute atomic E-state index is 0.550. The zero-order valence-electron chi connectivity index (χ0n) is 8.00. The van der Waals surface area contributed by atoms with Gasteiger partial charge in [-0.05, 0) is 6.42 Å². The quantitative estimate of drug-likeness (QED) is 0.436. The minimum atomic E-state index is -5.73. The van der Waals surface area contributed by atoms with Crippen LogP contribution in [0.1, 0.15) is 13.3 Å². The van der Waals surface area contributed by atoms with Gasteiger partial charge in [0.25, 0.3) is 5.08 Å². The van der Waals surface area contributed by atoms with E-state index in [0.717, 1.165) is 6.92 Å². The van der Waals surface area contributed by atoms with Gasteiger partial charge < -0.3 is 24.7 Å². The van der Waals surface area contributed by atoms with Gasteiger partial charge in [0.1, 0.15) is 5.66 Å². The second-order valence-electron chi connectivity index (χ2n) is 2.98. The zero-order chi connectivity index (χ0) is 13.4. The molecule has 0 aromatic heterocycles. The Bertz CT molecular complexity index is 382. The molecule has 0 aromatic rings. The van der Waals surface area contributed by atoms with Gasteiger partial charge in [0.15, 0.2) is 0 Å². The van der Waals surface area contributed by atoms with Gasteiger partial charge in [-0.15, -0.1) is 0 Å². The van der Waals surface area contributed by atoms with Crippen LogP contribution in [0.2, 0.25) is 0 Å². The molecule has 0 spiro atoms. The van der Waals surface area contributed by atoms with Gasteiger partial charge in [0.2, 0.25) is 0 Å². The number of hydrogen-bond acceptors (Lipinski definition) is 5. The van der Waals surface area contributed by atoms with Gasteiger partial charge in [-0.2, -0.15) is 0 Å². The summed E-state index contributed by atoms with van der Waals surface area (Å²) in [5.41, 5.74) is -2.23. The summed E-state index contributed by atoms with van der Waals surface area (Å²) in [6.45, 7) is 1.12. The van der Waals surface area contributed by atoms with Crippen LogP contribution in [-0.4, -0.2) is 35.4 Å². The van der Waals surface area contributed by atoms with E-state index in [2.05, 4.69) is 0 Å². The summed E-state index contributed by atoms with van der Waals surface area (Å²) in [4.78, 5) is 34.9. The molecule has 1 atom stereocenters. The molecule has 0 aliphatic carbocycles. The molecule has 0 saturated carbocycles. The predicted molar refractivity (Wildman–Crippen MR) is 51.4 cm³/mol. The second kappa shape index (κ2) is 4.80. The molecule has 16 heavy (non-hydrogen) atoms. The molecule has 9 nitrogen and oxygen atoms in total. The fourth-order valence-electron chi connectivity index (χ4n) is 1.12. The van der Waals surface area contributed by atoms with Crippen LogP contribution < -0.4 is 0 Å². The van der Waals surface area contributed by atoms with E-state index in [1.54, 1.807) is 0 Å². The lowest BCUT2D eigenvalue weighted by atomic mass is 10.3. The number of rotatable bonds is 5. The summed E-state index contributed by atoms with van der Waals surface area (Å²) < 4.78 is 43.1. The van der Waals surface area contributed by atoms with Gasteiger partial charge in [-0.25, -0.2) is 9.13 Å². The topological polar surface area (TPSA) is 169 Å². The molecule has 1 unspecified atom stereocenters. The third kappa shape index (κ3) is 2.70. The van der Waals surface area contributed by atoms with E-state index in [1.165, 1.54) is 0 Å². The van der Waals surface area contributed by atoms with Crippen LogP contribution in [-0.2, 0) is 18.3 Å². The fraction of sp³-hybridized carbons (Fsp3) is 1.00. The van der Waals surface area contributed by atoms with E-state index in [0.29, 0.717) is 0 Å². The third-order valence-electron chi connectivity index (χ3n) is 1.95. The van der Waals surface area contributed by atoms with Gasteiger partial charge >= 0.3 is 22.9 Å². The first-order valence-corrected chi connectivity index (χ1v) is 8.33. The van der Waals surface area contributed by atoms with Crippen molar-refractivity contribution in [2.45, 2.75) is 24.1 Å². The molecule has 0 saturated heterocycles. The Kier molecular flexibility index (Phi) is 4.85. The first-order chi connectivity index (χ1) is 6.89. The molecule has 0 aliphatic heterocycles. The summed E-state index contributed by atoms with van der Waals surface area (Å²) >= 11 is 0. The van der Waals surface area contributed by atoms with Gasteiger partial charge in [0.05, 0.1) is 0 Å². The smallest absolute Gasteiger partial charge is 0.367 e. The van der Waals surface area contributed by atoms with Crippen LogP contribution in [0, 0.1) is 0 Å². The third-order valence-corrected chi connectivity index (χ3v) is 7.50. The lowest BCUT2D eigenvalue weighted by molar-refractivity contribution is 0.124. The Morgan fingerprint density at radius 1 is 1.12 bits per heavy atom. The lowest BCUT2D eigenvalue weighted by Crippen LogP contribution is -2.38. The van der Waals surface area contributed by atoms with Crippen molar-refractivity contribution >= 4 is 22.9 Å². The maximum Gasteiger partial charge on any atom is 0.370 e. The monoisotopic (exact) mass is 296 g/mol. The molecule has 0 heterocycles. The highest BCUT2D eigenvalue weighted by molar-refractivity contribution is 7.72. The van der Waals surface area contributed by atoms with Crippen molar-refractivity contribution in [2.24, 2.45) is 0 Å². The van der Waals surface area contributed by atoms with E-state index in [-0.39, 0.29) is 0 Å². The molecule has 0 aliphatic rings. The summed E-state index contributed by atoms with van der Waals surface area (Å²) in [5.74, 6) is 0. The van der Waals surface area contributed by atoms with Crippen LogP contribution in [0.25, 0.3) is 0 Å². The number of aliphatic hydroxyl groups is 1. The Hall–Kier alpha value is 0.160. The molecule has 0 bridgehead atoms. The molecule has 12 heteroatoms. The number of hydrogen-bond donors (Lipinski definition) is 5. The molecule has 0 fully saturated rings. The van der Waals surface area contributed by atoms with Gasteiger partial charge in [-0.3, -0.25) is 9.13 Å². The molecule has 0 aromatic carbocycles. The Morgan fingerprint density at radius 3 is 1.50 bits per heavy atom. The minimum Gasteiger partial charge on any atom is -0.367 e. The van der Waals surface area contributed by atoms with E-state index >= 15 is 0 Å². The van der Waals surface area contributed by atoms with E-state index < -0.39 is 40.0 Å². The van der Waals surface area contributed by atoms with Gasteiger partial charge in [0, 0.05) is 0 Å². The SMILES string of the molecule is CCC(P(=O)=O)C(O)(P(=O)(O)O)P(=O)(O)O. The first-order valence-electron chi connectivity index (χ1n) is 3.86. The maximum atomic E-state index is 10.9. The Labute approximate surface area is 90.6 Å². The van der Waals surface area contributed by atoms with E-state index in [1.807, 2.05) is 0 Å². The van der Waals surface area contributed by atoms with E-state index in [9.17, 15) is 23.4 Å². The van der Waals surface area contributed by atoms with Crippen LogP contribution in [0.3, 0.4) is 0 Å². The molecular formula is C4H11O9P3. The standard InChI is InChI=1S/C4H11O9P3/c1-2-3(14(6)7)4(5,15(8,9)10)16(11,12)13/h3,5H,2H2,1H3,(H2,8,9,10)(H2,11,12,13). The Morgan fingerprint density at radius 2 is 1.44 bits per heavy atom. The summed E-state index contributed by atoms with van der Waals surface area (Å²) in [5, 5.41) is 5.51. The normalized spacial score (nSPS) is 15.9. The van der Waals surface area contributed by atoms with Crippen molar-refractivity contribution in [1.82, 2.24) is 0 Å². The molecule has 0 rings (SSSR count). The van der Waals surface area contributed by atoms with Crippen molar-refractivity contribution < 1.29 is 42.9 Å². The average molecular weight is 296 g/mol.